The minimum Gasteiger partial charge on any atom is -0.493 e. The van der Waals surface area contributed by atoms with Crippen LogP contribution in [0.25, 0.3) is 22.3 Å². The van der Waals surface area contributed by atoms with Gasteiger partial charge in [-0.3, -0.25) is 0 Å². The highest BCUT2D eigenvalue weighted by atomic mass is 28.4. The molecule has 0 saturated carbocycles. The second-order valence-corrected chi connectivity index (χ2v) is 16.8. The Balaban J connectivity index is 1.89. The molecular formula is C35H49NO4Si. The number of rotatable bonds is 13. The predicted molar refractivity (Wildman–Crippen MR) is 175 cm³/mol. The van der Waals surface area contributed by atoms with Crippen LogP contribution in [0.3, 0.4) is 0 Å². The lowest BCUT2D eigenvalue weighted by Gasteiger charge is -2.36. The Bertz CT molecular complexity index is 1290. The average Bonchev–Trinajstić information content (AvgIpc) is 2.94. The summed E-state index contributed by atoms with van der Waals surface area (Å²) >= 11 is 0. The SMILES string of the molecule is CCOC(=O)c1ccc(-c2ccc(OCCCO[Si](C)(C)C(C)(C)C)c(-c3ccc(N(CC)CC)c(C)c3)c2)cc1. The van der Waals surface area contributed by atoms with Crippen LogP contribution in [0.4, 0.5) is 5.69 Å². The maximum absolute atomic E-state index is 12.1. The Morgan fingerprint density at radius 3 is 2.05 bits per heavy atom. The fourth-order valence-electron chi connectivity index (χ4n) is 4.60. The molecule has 0 unspecified atom stereocenters. The first-order chi connectivity index (χ1) is 19.4. The Kier molecular flexibility index (Phi) is 11.2. The van der Waals surface area contributed by atoms with Crippen molar-refractivity contribution in [3.8, 4) is 28.0 Å². The van der Waals surface area contributed by atoms with E-state index in [1.165, 1.54) is 11.3 Å². The van der Waals surface area contributed by atoms with Gasteiger partial charge in [-0.1, -0.05) is 45.0 Å². The van der Waals surface area contributed by atoms with Crippen molar-refractivity contribution in [2.75, 3.05) is 37.8 Å². The third-order valence-electron chi connectivity index (χ3n) is 8.14. The molecule has 0 bridgehead atoms. The number of benzene rings is 3. The number of carbonyl (C=O) groups excluding carboxylic acids is 1. The summed E-state index contributed by atoms with van der Waals surface area (Å²) in [6.45, 7) is 23.3. The van der Waals surface area contributed by atoms with Crippen LogP contribution in [-0.4, -0.2) is 47.2 Å². The first kappa shape index (κ1) is 32.4. The number of anilines is 1. The van der Waals surface area contributed by atoms with E-state index in [9.17, 15) is 4.79 Å². The molecule has 0 aliphatic carbocycles. The van der Waals surface area contributed by atoms with Gasteiger partial charge in [0.05, 0.1) is 18.8 Å². The van der Waals surface area contributed by atoms with Crippen LogP contribution in [0.1, 0.15) is 63.9 Å². The second-order valence-electron chi connectivity index (χ2n) is 12.0. The lowest BCUT2D eigenvalue weighted by molar-refractivity contribution is 0.0526. The highest BCUT2D eigenvalue weighted by Crippen LogP contribution is 2.38. The van der Waals surface area contributed by atoms with Gasteiger partial charge in [0.1, 0.15) is 5.75 Å². The summed E-state index contributed by atoms with van der Waals surface area (Å²) in [5.74, 6) is 0.559. The van der Waals surface area contributed by atoms with E-state index in [1.54, 1.807) is 0 Å². The van der Waals surface area contributed by atoms with Gasteiger partial charge in [0, 0.05) is 37.4 Å². The zero-order valence-corrected chi connectivity index (χ0v) is 27.6. The number of carbonyl (C=O) groups is 1. The fraction of sp³-hybridized carbons (Fsp3) is 0.457. The Morgan fingerprint density at radius 1 is 0.829 bits per heavy atom. The molecule has 3 aromatic rings. The molecule has 0 fully saturated rings. The van der Waals surface area contributed by atoms with Gasteiger partial charge >= 0.3 is 5.97 Å². The number of ether oxygens (including phenoxy) is 2. The molecule has 222 valence electrons. The molecule has 0 spiro atoms. The molecular weight excluding hydrogens is 526 g/mol. The maximum atomic E-state index is 12.1. The largest absolute Gasteiger partial charge is 0.493 e. The van der Waals surface area contributed by atoms with Crippen molar-refractivity contribution >= 4 is 20.0 Å². The van der Waals surface area contributed by atoms with E-state index in [2.05, 4.69) is 95.9 Å². The van der Waals surface area contributed by atoms with Crippen molar-refractivity contribution in [3.63, 3.8) is 0 Å². The molecule has 0 saturated heterocycles. The van der Waals surface area contributed by atoms with Crippen LogP contribution in [0.2, 0.25) is 18.1 Å². The van der Waals surface area contributed by atoms with Crippen molar-refractivity contribution in [2.45, 2.75) is 73.0 Å². The van der Waals surface area contributed by atoms with Crippen LogP contribution in [0, 0.1) is 6.92 Å². The third-order valence-corrected chi connectivity index (χ3v) is 12.7. The minimum atomic E-state index is -1.77. The maximum Gasteiger partial charge on any atom is 0.338 e. The van der Waals surface area contributed by atoms with E-state index in [-0.39, 0.29) is 11.0 Å². The summed E-state index contributed by atoms with van der Waals surface area (Å²) in [5.41, 5.74) is 7.32. The highest BCUT2D eigenvalue weighted by molar-refractivity contribution is 6.74. The molecule has 3 rings (SSSR count). The summed E-state index contributed by atoms with van der Waals surface area (Å²) < 4.78 is 17.9. The van der Waals surface area contributed by atoms with E-state index in [4.69, 9.17) is 13.9 Å². The van der Waals surface area contributed by atoms with Crippen LogP contribution in [0.5, 0.6) is 5.75 Å². The zero-order chi connectivity index (χ0) is 30.2. The zero-order valence-electron chi connectivity index (χ0n) is 26.6. The Hall–Kier alpha value is -3.09. The Labute approximate surface area is 249 Å². The van der Waals surface area contributed by atoms with Gasteiger partial charge in [-0.05, 0) is 104 Å². The van der Waals surface area contributed by atoms with Gasteiger partial charge in [-0.25, -0.2) is 4.79 Å². The summed E-state index contributed by atoms with van der Waals surface area (Å²) in [6.07, 6.45) is 0.836. The fourth-order valence-corrected chi connectivity index (χ4v) is 5.69. The van der Waals surface area contributed by atoms with Crippen molar-refractivity contribution in [1.29, 1.82) is 0 Å². The number of hydrogen-bond acceptors (Lipinski definition) is 5. The second kappa shape index (κ2) is 14.2. The molecule has 41 heavy (non-hydrogen) atoms. The predicted octanol–water partition coefficient (Wildman–Crippen LogP) is 9.14. The molecule has 0 aliphatic rings. The average molecular weight is 576 g/mol. The number of esters is 1. The van der Waals surface area contributed by atoms with Gasteiger partial charge in [0.2, 0.25) is 0 Å². The smallest absolute Gasteiger partial charge is 0.338 e. The summed E-state index contributed by atoms with van der Waals surface area (Å²) in [7, 11) is -1.77. The normalized spacial score (nSPS) is 11.8. The van der Waals surface area contributed by atoms with E-state index in [0.717, 1.165) is 47.5 Å². The van der Waals surface area contributed by atoms with Crippen molar-refractivity contribution < 1.29 is 18.7 Å². The molecule has 0 aliphatic heterocycles. The lowest BCUT2D eigenvalue weighted by Crippen LogP contribution is -2.41. The van der Waals surface area contributed by atoms with Crippen molar-refractivity contribution in [3.05, 3.63) is 71.8 Å². The molecule has 0 heterocycles. The molecule has 0 aromatic heterocycles. The third kappa shape index (κ3) is 8.23. The van der Waals surface area contributed by atoms with E-state index in [0.29, 0.717) is 25.4 Å². The van der Waals surface area contributed by atoms with Crippen LogP contribution < -0.4 is 9.64 Å². The van der Waals surface area contributed by atoms with Crippen LogP contribution >= 0.6 is 0 Å². The monoisotopic (exact) mass is 575 g/mol. The van der Waals surface area contributed by atoms with Gasteiger partial charge in [0.15, 0.2) is 8.32 Å². The minimum absolute atomic E-state index is 0.195. The molecule has 3 aromatic carbocycles. The standard InChI is InChI=1S/C35H49NO4Si/c1-10-36(11-2)32-20-18-30(24-26(32)4)31-25-29(27-14-16-28(17-15-27)34(37)38-12-3)19-21-33(31)39-22-13-23-40-41(8,9)35(5,6)7/h14-21,24-25H,10-13,22-23H2,1-9H3. The first-order valence-corrected chi connectivity index (χ1v) is 17.9. The number of aryl methyl sites for hydroxylation is 1. The van der Waals surface area contributed by atoms with Gasteiger partial charge in [-0.2, -0.15) is 0 Å². The molecule has 6 heteroatoms. The van der Waals surface area contributed by atoms with Crippen LogP contribution in [-0.2, 0) is 9.16 Å². The molecule has 0 radical (unpaired) electrons. The number of nitrogens with zero attached hydrogens (tertiary/aromatic N) is 1. The summed E-state index contributed by atoms with van der Waals surface area (Å²) in [4.78, 5) is 14.5. The van der Waals surface area contributed by atoms with E-state index >= 15 is 0 Å². The molecule has 0 amide bonds. The summed E-state index contributed by atoms with van der Waals surface area (Å²) in [5, 5.41) is 0.195. The topological polar surface area (TPSA) is 48.0 Å². The lowest BCUT2D eigenvalue weighted by atomic mass is 9.96. The van der Waals surface area contributed by atoms with Gasteiger partial charge in [-0.15, -0.1) is 0 Å². The van der Waals surface area contributed by atoms with Crippen molar-refractivity contribution in [1.82, 2.24) is 0 Å². The van der Waals surface area contributed by atoms with Gasteiger partial charge in [0.25, 0.3) is 0 Å². The van der Waals surface area contributed by atoms with E-state index in [1.807, 2.05) is 31.2 Å². The first-order valence-electron chi connectivity index (χ1n) is 15.0. The van der Waals surface area contributed by atoms with Crippen molar-refractivity contribution in [2.24, 2.45) is 0 Å². The summed E-state index contributed by atoms with van der Waals surface area (Å²) in [6, 6.07) is 20.6. The van der Waals surface area contributed by atoms with Crippen LogP contribution in [0.15, 0.2) is 60.7 Å². The Morgan fingerprint density at radius 2 is 1.46 bits per heavy atom. The molecule has 0 atom stereocenters. The highest BCUT2D eigenvalue weighted by Gasteiger charge is 2.36. The molecule has 5 nitrogen and oxygen atoms in total. The van der Waals surface area contributed by atoms with E-state index < -0.39 is 8.32 Å². The number of hydrogen-bond donors (Lipinski definition) is 0. The quantitative estimate of drug-likeness (QED) is 0.116. The van der Waals surface area contributed by atoms with Gasteiger partial charge < -0.3 is 18.8 Å². The molecule has 0 N–H and O–H groups in total.